The van der Waals surface area contributed by atoms with E-state index in [4.69, 9.17) is 23.2 Å². The molecule has 10 heteroatoms. The quantitative estimate of drug-likeness (QED) is 0.436. The van der Waals surface area contributed by atoms with Gasteiger partial charge in [0.1, 0.15) is 0 Å². The first-order valence-corrected chi connectivity index (χ1v) is 6.90. The van der Waals surface area contributed by atoms with Crippen molar-refractivity contribution in [1.29, 1.82) is 5.26 Å². The van der Waals surface area contributed by atoms with Crippen molar-refractivity contribution in [3.05, 3.63) is 79.0 Å². The second kappa shape index (κ2) is 6.72. The van der Waals surface area contributed by atoms with Crippen LogP contribution < -0.4 is 0 Å². The Morgan fingerprint density at radius 2 is 1.92 bits per heavy atom. The molecular formula is C14H7Cl2N3O5. The molecule has 0 saturated carbocycles. The molecule has 0 spiro atoms. The third kappa shape index (κ3) is 3.38. The van der Waals surface area contributed by atoms with Crippen LogP contribution in [-0.4, -0.2) is 26.1 Å². The zero-order valence-corrected chi connectivity index (χ0v) is 13.1. The van der Waals surface area contributed by atoms with Crippen LogP contribution in [0.15, 0.2) is 68.9 Å². The van der Waals surface area contributed by atoms with E-state index < -0.39 is 22.2 Å². The molecule has 0 radical (unpaired) electrons. The highest BCUT2D eigenvalue weighted by Crippen LogP contribution is 2.34. The molecule has 1 aliphatic carbocycles. The number of aliphatic hydroxyl groups is 1. The van der Waals surface area contributed by atoms with E-state index >= 15 is 0 Å². The number of nitriles is 1. The lowest BCUT2D eigenvalue weighted by atomic mass is 9.99. The molecule has 2 rings (SSSR count). The summed E-state index contributed by atoms with van der Waals surface area (Å²) >= 11 is 11.9. The maximum absolute atomic E-state index is 11.5. The summed E-state index contributed by atoms with van der Waals surface area (Å²) in [6, 6.07) is 1.82. The molecule has 0 saturated heterocycles. The van der Waals surface area contributed by atoms with E-state index in [0.717, 1.165) is 24.6 Å². The van der Waals surface area contributed by atoms with Crippen LogP contribution >= 0.6 is 23.2 Å². The van der Waals surface area contributed by atoms with Gasteiger partial charge in [-0.2, -0.15) is 5.26 Å². The summed E-state index contributed by atoms with van der Waals surface area (Å²) in [4.78, 5) is 21.4. The molecule has 0 aromatic heterocycles. The standard InChI is InChI=1S/C14H7Cl2N3O5/c15-9-5-18(22)6-10(16)13(9)8(4-17)1-7-2-11(19(23)24)14(21)12(20)3-7/h1-3,5-6,20,22H. The minimum Gasteiger partial charge on any atom is -0.504 e. The average Bonchev–Trinajstić information content (AvgIpc) is 2.48. The van der Waals surface area contributed by atoms with Crippen molar-refractivity contribution in [2.45, 2.75) is 0 Å². The molecule has 1 aliphatic heterocycles. The normalized spacial score (nSPS) is 19.2. The minimum absolute atomic E-state index is 0.0308. The largest absolute Gasteiger partial charge is 0.504 e. The van der Waals surface area contributed by atoms with Crippen molar-refractivity contribution in [3.63, 3.8) is 0 Å². The van der Waals surface area contributed by atoms with Gasteiger partial charge in [-0.3, -0.25) is 20.1 Å². The predicted octanol–water partition coefficient (Wildman–Crippen LogP) is 2.78. The van der Waals surface area contributed by atoms with Crippen molar-refractivity contribution < 1.29 is 20.0 Å². The molecular weight excluding hydrogens is 361 g/mol. The number of hydrogen-bond donors (Lipinski definition) is 2. The summed E-state index contributed by atoms with van der Waals surface area (Å²) in [7, 11) is 0. The van der Waals surface area contributed by atoms with Crippen LogP contribution in [0.25, 0.3) is 0 Å². The summed E-state index contributed by atoms with van der Waals surface area (Å²) in [5.41, 5.74) is -0.808. The van der Waals surface area contributed by atoms with E-state index in [2.05, 4.69) is 0 Å². The van der Waals surface area contributed by atoms with Crippen LogP contribution in [0, 0.1) is 21.4 Å². The number of nitrogens with zero attached hydrogens (tertiary/aromatic N) is 3. The van der Waals surface area contributed by atoms with E-state index in [-0.39, 0.29) is 26.8 Å². The number of halogens is 2. The predicted molar refractivity (Wildman–Crippen MR) is 83.0 cm³/mol. The molecule has 122 valence electrons. The molecule has 2 N–H and O–H groups in total. The molecule has 0 amide bonds. The van der Waals surface area contributed by atoms with Crippen LogP contribution in [0.4, 0.5) is 0 Å². The first-order valence-electron chi connectivity index (χ1n) is 6.14. The fraction of sp³-hybridized carbons (Fsp3) is 0. The van der Waals surface area contributed by atoms with Gasteiger partial charge in [0.2, 0.25) is 0 Å². The smallest absolute Gasteiger partial charge is 0.320 e. The molecule has 0 aromatic rings. The average molecular weight is 368 g/mol. The second-order valence-corrected chi connectivity index (χ2v) is 5.34. The molecule has 0 bridgehead atoms. The van der Waals surface area contributed by atoms with E-state index in [0.29, 0.717) is 5.06 Å². The monoisotopic (exact) mass is 367 g/mol. The van der Waals surface area contributed by atoms with E-state index in [1.807, 2.05) is 6.07 Å². The van der Waals surface area contributed by atoms with Gasteiger partial charge < -0.3 is 5.11 Å². The van der Waals surface area contributed by atoms with Gasteiger partial charge in [-0.15, -0.1) is 0 Å². The van der Waals surface area contributed by atoms with Crippen LogP contribution in [0.5, 0.6) is 0 Å². The highest BCUT2D eigenvalue weighted by molar-refractivity contribution is 6.38. The second-order valence-electron chi connectivity index (χ2n) is 4.52. The topological polar surface area (TPSA) is 128 Å². The zero-order valence-electron chi connectivity index (χ0n) is 11.6. The Morgan fingerprint density at radius 3 is 2.42 bits per heavy atom. The molecule has 1 heterocycles. The van der Waals surface area contributed by atoms with E-state index in [9.17, 15) is 30.5 Å². The summed E-state index contributed by atoms with van der Waals surface area (Å²) in [6.07, 6.45) is 5.24. The fourth-order valence-corrected chi connectivity index (χ4v) is 2.59. The van der Waals surface area contributed by atoms with Crippen LogP contribution in [0.3, 0.4) is 0 Å². The van der Waals surface area contributed by atoms with Crippen molar-refractivity contribution in [3.8, 4) is 6.07 Å². The Morgan fingerprint density at radius 1 is 1.33 bits per heavy atom. The van der Waals surface area contributed by atoms with Crippen LogP contribution in [0.1, 0.15) is 0 Å². The number of aliphatic hydroxyl groups excluding tert-OH is 1. The fourth-order valence-electron chi connectivity index (χ4n) is 1.94. The van der Waals surface area contributed by atoms with Gasteiger partial charge in [0, 0.05) is 11.6 Å². The highest BCUT2D eigenvalue weighted by Gasteiger charge is 2.29. The SMILES string of the molecule is N#CC(C=C1C=C(O)C(=O)C([N+](=O)[O-])=C1)=C1C(Cl)=CN(O)C=C1Cl. The number of Topliss-reactive ketones (excluding diaryl/α,β-unsaturated/α-hetero) is 1. The summed E-state index contributed by atoms with van der Waals surface area (Å²) in [6.45, 7) is 0. The number of carbonyl (C=O) groups excluding carboxylic acids is 1. The number of rotatable bonds is 2. The van der Waals surface area contributed by atoms with Crippen LogP contribution in [0.2, 0.25) is 0 Å². The lowest BCUT2D eigenvalue weighted by Crippen LogP contribution is -2.17. The zero-order chi connectivity index (χ0) is 18.0. The maximum Gasteiger partial charge on any atom is 0.320 e. The molecule has 0 unspecified atom stereocenters. The van der Waals surface area contributed by atoms with E-state index in [1.54, 1.807) is 0 Å². The number of allylic oxidation sites excluding steroid dienone is 8. The molecule has 0 aromatic carbocycles. The summed E-state index contributed by atoms with van der Waals surface area (Å²) < 4.78 is 0. The first-order chi connectivity index (χ1) is 11.2. The van der Waals surface area contributed by atoms with Crippen LogP contribution in [-0.2, 0) is 4.79 Å². The van der Waals surface area contributed by atoms with Gasteiger partial charge in [0.25, 0.3) is 5.78 Å². The molecule has 24 heavy (non-hydrogen) atoms. The Kier molecular flexibility index (Phi) is 4.90. The van der Waals surface area contributed by atoms with Gasteiger partial charge in [-0.05, 0) is 17.7 Å². The molecule has 0 atom stereocenters. The minimum atomic E-state index is -1.13. The van der Waals surface area contributed by atoms with Gasteiger partial charge in [0.15, 0.2) is 5.76 Å². The van der Waals surface area contributed by atoms with Gasteiger partial charge in [-0.1, -0.05) is 23.2 Å². The van der Waals surface area contributed by atoms with Gasteiger partial charge >= 0.3 is 5.70 Å². The van der Waals surface area contributed by atoms with E-state index in [1.165, 1.54) is 6.08 Å². The van der Waals surface area contributed by atoms with Gasteiger partial charge in [0.05, 0.1) is 39.0 Å². The van der Waals surface area contributed by atoms with Crippen molar-refractivity contribution >= 4 is 29.0 Å². The molecule has 8 nitrogen and oxygen atoms in total. The highest BCUT2D eigenvalue weighted by atomic mass is 35.5. The Labute approximate surface area is 144 Å². The first kappa shape index (κ1) is 17.5. The number of hydroxylamine groups is 2. The Balaban J connectivity index is 2.60. The number of ketones is 1. The number of nitro groups is 1. The Hall–Kier alpha value is -2.86. The number of hydrogen-bond acceptors (Lipinski definition) is 7. The molecule has 0 fully saturated rings. The number of carbonyl (C=O) groups is 1. The Bertz CT molecular complexity index is 849. The van der Waals surface area contributed by atoms with Crippen molar-refractivity contribution in [1.82, 2.24) is 5.06 Å². The summed E-state index contributed by atoms with van der Waals surface area (Å²) in [5, 5.41) is 39.5. The summed E-state index contributed by atoms with van der Waals surface area (Å²) in [5.74, 6) is -1.96. The van der Waals surface area contributed by atoms with Gasteiger partial charge in [-0.25, -0.2) is 5.06 Å². The lowest BCUT2D eigenvalue weighted by molar-refractivity contribution is -0.418. The maximum atomic E-state index is 11.5. The third-order valence-electron chi connectivity index (χ3n) is 2.94. The lowest BCUT2D eigenvalue weighted by Gasteiger charge is -2.17. The molecule has 2 aliphatic rings. The van der Waals surface area contributed by atoms with Crippen molar-refractivity contribution in [2.24, 2.45) is 0 Å². The van der Waals surface area contributed by atoms with Crippen molar-refractivity contribution in [2.75, 3.05) is 0 Å². The third-order valence-corrected chi connectivity index (χ3v) is 3.51.